The summed E-state index contributed by atoms with van der Waals surface area (Å²) in [6, 6.07) is 3.86. The lowest BCUT2D eigenvalue weighted by atomic mass is 10.0. The van der Waals surface area contributed by atoms with Crippen LogP contribution in [0, 0.1) is 15.9 Å². The Balaban J connectivity index is 2.85. The molecule has 19 heavy (non-hydrogen) atoms. The van der Waals surface area contributed by atoms with Crippen molar-refractivity contribution in [2.75, 3.05) is 5.32 Å². The third-order valence-corrected chi connectivity index (χ3v) is 3.06. The molecule has 0 aliphatic heterocycles. The highest BCUT2D eigenvalue weighted by Crippen LogP contribution is 2.27. The zero-order chi connectivity index (χ0) is 14.3. The standard InChI is InChI=1S/C14H21FN2O2/c1-3-5-7-12(6-4-2)16-13-9-8-11(15)10-14(13)17(18)19/h8-10,12,16H,3-7H2,1-2H3. The van der Waals surface area contributed by atoms with E-state index in [1.54, 1.807) is 0 Å². The van der Waals surface area contributed by atoms with E-state index in [4.69, 9.17) is 0 Å². The zero-order valence-electron chi connectivity index (χ0n) is 11.5. The van der Waals surface area contributed by atoms with E-state index in [1.165, 1.54) is 12.1 Å². The van der Waals surface area contributed by atoms with Gasteiger partial charge in [0.05, 0.1) is 11.0 Å². The normalized spacial score (nSPS) is 12.2. The highest BCUT2D eigenvalue weighted by molar-refractivity contribution is 5.61. The highest BCUT2D eigenvalue weighted by Gasteiger charge is 2.17. The van der Waals surface area contributed by atoms with Crippen LogP contribution >= 0.6 is 0 Å². The summed E-state index contributed by atoms with van der Waals surface area (Å²) >= 11 is 0. The van der Waals surface area contributed by atoms with Crippen molar-refractivity contribution in [1.82, 2.24) is 0 Å². The van der Waals surface area contributed by atoms with Gasteiger partial charge >= 0.3 is 0 Å². The second kappa shape index (κ2) is 7.71. The molecule has 1 rings (SSSR count). The summed E-state index contributed by atoms with van der Waals surface area (Å²) in [6.07, 6.45) is 5.10. The molecule has 0 aliphatic carbocycles. The molecule has 1 aromatic carbocycles. The molecule has 1 N–H and O–H groups in total. The average molecular weight is 268 g/mol. The Hall–Kier alpha value is -1.65. The minimum atomic E-state index is -0.585. The van der Waals surface area contributed by atoms with Gasteiger partial charge < -0.3 is 5.32 Å². The van der Waals surface area contributed by atoms with Gasteiger partial charge in [0.2, 0.25) is 0 Å². The number of hydrogen-bond donors (Lipinski definition) is 1. The van der Waals surface area contributed by atoms with E-state index >= 15 is 0 Å². The first-order valence-electron chi connectivity index (χ1n) is 6.79. The van der Waals surface area contributed by atoms with Crippen LogP contribution in [0.5, 0.6) is 0 Å². The Morgan fingerprint density at radius 2 is 2.05 bits per heavy atom. The van der Waals surface area contributed by atoms with Crippen molar-refractivity contribution in [3.8, 4) is 0 Å². The first kappa shape index (κ1) is 15.4. The maximum atomic E-state index is 13.1. The SMILES string of the molecule is CCCCC(CCC)Nc1ccc(F)cc1[N+](=O)[O-]. The Morgan fingerprint density at radius 3 is 2.63 bits per heavy atom. The first-order valence-corrected chi connectivity index (χ1v) is 6.79. The second-order valence-electron chi connectivity index (χ2n) is 4.69. The lowest BCUT2D eigenvalue weighted by molar-refractivity contribution is -0.384. The summed E-state index contributed by atoms with van der Waals surface area (Å²) in [5, 5.41) is 14.1. The monoisotopic (exact) mass is 268 g/mol. The summed E-state index contributed by atoms with van der Waals surface area (Å²) in [6.45, 7) is 4.20. The highest BCUT2D eigenvalue weighted by atomic mass is 19.1. The summed E-state index contributed by atoms with van der Waals surface area (Å²) in [7, 11) is 0. The molecule has 0 radical (unpaired) electrons. The molecule has 1 atom stereocenters. The zero-order valence-corrected chi connectivity index (χ0v) is 11.5. The van der Waals surface area contributed by atoms with Crippen LogP contribution in [0.15, 0.2) is 18.2 Å². The molecule has 0 saturated carbocycles. The molecule has 0 fully saturated rings. The second-order valence-corrected chi connectivity index (χ2v) is 4.69. The van der Waals surface area contributed by atoms with E-state index in [0.717, 1.165) is 38.2 Å². The molecule has 0 aliphatic rings. The maximum Gasteiger partial charge on any atom is 0.295 e. The minimum absolute atomic E-state index is 0.197. The Morgan fingerprint density at radius 1 is 1.32 bits per heavy atom. The van der Waals surface area contributed by atoms with Gasteiger partial charge in [-0.2, -0.15) is 0 Å². The van der Waals surface area contributed by atoms with E-state index in [-0.39, 0.29) is 11.7 Å². The largest absolute Gasteiger partial charge is 0.377 e. The number of halogens is 1. The summed E-state index contributed by atoms with van der Waals surface area (Å²) in [5.41, 5.74) is 0.207. The van der Waals surface area contributed by atoms with Crippen LogP contribution in [-0.4, -0.2) is 11.0 Å². The smallest absolute Gasteiger partial charge is 0.295 e. The first-order chi connectivity index (χ1) is 9.08. The summed E-state index contributed by atoms with van der Waals surface area (Å²) in [4.78, 5) is 10.4. The predicted octanol–water partition coefficient (Wildman–Crippen LogP) is 4.50. The Bertz CT molecular complexity index is 424. The molecule has 1 aromatic rings. The maximum absolute atomic E-state index is 13.1. The van der Waals surface area contributed by atoms with E-state index in [2.05, 4.69) is 19.2 Å². The number of nitrogens with one attached hydrogen (secondary N) is 1. The van der Waals surface area contributed by atoms with Gasteiger partial charge in [0.1, 0.15) is 11.5 Å². The van der Waals surface area contributed by atoms with Gasteiger partial charge in [-0.3, -0.25) is 10.1 Å². The number of nitrogens with zero attached hydrogens (tertiary/aromatic N) is 1. The Kier molecular flexibility index (Phi) is 6.25. The summed E-state index contributed by atoms with van der Waals surface area (Å²) < 4.78 is 13.1. The predicted molar refractivity (Wildman–Crippen MR) is 74.9 cm³/mol. The molecule has 0 aromatic heterocycles. The fourth-order valence-electron chi connectivity index (χ4n) is 2.09. The van der Waals surface area contributed by atoms with Crippen molar-refractivity contribution in [1.29, 1.82) is 0 Å². The topological polar surface area (TPSA) is 55.2 Å². The van der Waals surface area contributed by atoms with Crippen LogP contribution < -0.4 is 5.32 Å². The summed E-state index contributed by atoms with van der Waals surface area (Å²) in [5.74, 6) is -0.585. The molecule has 0 spiro atoms. The molecule has 0 heterocycles. The molecule has 1 unspecified atom stereocenters. The van der Waals surface area contributed by atoms with Gasteiger partial charge in [-0.05, 0) is 25.0 Å². The molecule has 5 heteroatoms. The van der Waals surface area contributed by atoms with Crippen molar-refractivity contribution in [3.05, 3.63) is 34.1 Å². The van der Waals surface area contributed by atoms with Gasteiger partial charge in [0, 0.05) is 6.04 Å². The lowest BCUT2D eigenvalue weighted by Crippen LogP contribution is -2.19. The van der Waals surface area contributed by atoms with Gasteiger partial charge in [0.25, 0.3) is 5.69 Å². The van der Waals surface area contributed by atoms with E-state index in [0.29, 0.717) is 5.69 Å². The minimum Gasteiger partial charge on any atom is -0.377 e. The third-order valence-electron chi connectivity index (χ3n) is 3.06. The van der Waals surface area contributed by atoms with E-state index < -0.39 is 10.7 Å². The lowest BCUT2D eigenvalue weighted by Gasteiger charge is -2.19. The van der Waals surface area contributed by atoms with Gasteiger partial charge in [0.15, 0.2) is 0 Å². The van der Waals surface area contributed by atoms with Crippen LogP contribution in [0.3, 0.4) is 0 Å². The van der Waals surface area contributed by atoms with Crippen molar-refractivity contribution < 1.29 is 9.31 Å². The van der Waals surface area contributed by atoms with Gasteiger partial charge in [-0.25, -0.2) is 4.39 Å². The molecule has 0 bridgehead atoms. The number of hydrogen-bond acceptors (Lipinski definition) is 3. The van der Waals surface area contributed by atoms with Crippen molar-refractivity contribution in [2.24, 2.45) is 0 Å². The molecular formula is C14H21FN2O2. The van der Waals surface area contributed by atoms with Crippen LogP contribution in [0.4, 0.5) is 15.8 Å². The third kappa shape index (κ3) is 4.85. The van der Waals surface area contributed by atoms with E-state index in [1.807, 2.05) is 0 Å². The van der Waals surface area contributed by atoms with Crippen molar-refractivity contribution >= 4 is 11.4 Å². The number of unbranched alkanes of at least 4 members (excludes halogenated alkanes) is 1. The van der Waals surface area contributed by atoms with Crippen LogP contribution in [0.25, 0.3) is 0 Å². The van der Waals surface area contributed by atoms with E-state index in [9.17, 15) is 14.5 Å². The molecule has 0 amide bonds. The molecule has 106 valence electrons. The van der Waals surface area contributed by atoms with Crippen LogP contribution in [-0.2, 0) is 0 Å². The quantitative estimate of drug-likeness (QED) is 0.557. The molecule has 0 saturated heterocycles. The molecule has 4 nitrogen and oxygen atoms in total. The van der Waals surface area contributed by atoms with Gasteiger partial charge in [-0.1, -0.05) is 33.1 Å². The number of rotatable bonds is 8. The fourth-order valence-corrected chi connectivity index (χ4v) is 2.09. The Labute approximate surface area is 113 Å². The van der Waals surface area contributed by atoms with Crippen LogP contribution in [0.2, 0.25) is 0 Å². The average Bonchev–Trinajstić information content (AvgIpc) is 2.38. The number of benzene rings is 1. The van der Waals surface area contributed by atoms with Crippen molar-refractivity contribution in [2.45, 2.75) is 52.0 Å². The number of anilines is 1. The van der Waals surface area contributed by atoms with Gasteiger partial charge in [-0.15, -0.1) is 0 Å². The molecular weight excluding hydrogens is 247 g/mol. The van der Waals surface area contributed by atoms with Crippen molar-refractivity contribution in [3.63, 3.8) is 0 Å². The number of nitro benzene ring substituents is 1. The number of nitro groups is 1. The van der Waals surface area contributed by atoms with Crippen LogP contribution in [0.1, 0.15) is 46.0 Å². The fraction of sp³-hybridized carbons (Fsp3) is 0.571.